The van der Waals surface area contributed by atoms with Crippen LogP contribution in [0.4, 0.5) is 5.69 Å². The predicted molar refractivity (Wildman–Crippen MR) is 195 cm³/mol. The zero-order valence-electron chi connectivity index (χ0n) is 27.6. The van der Waals surface area contributed by atoms with Gasteiger partial charge in [-0.3, -0.25) is 9.80 Å². The van der Waals surface area contributed by atoms with E-state index in [-0.39, 0.29) is 6.04 Å². The molecule has 0 unspecified atom stereocenters. The second-order valence-electron chi connectivity index (χ2n) is 13.3. The first-order valence-electron chi connectivity index (χ1n) is 17.1. The first-order valence-corrected chi connectivity index (χ1v) is 17.1. The Hall–Kier alpha value is -4.58. The monoisotopic (exact) mass is 620 g/mol. The SMILES string of the molecule is COc1ccccc1N1CCN(C[C@@H]2c3ccccc3CN(CCc3ccccc3)[C@H]2c2ccc3c(c2)c2ccccc2n3C)CC1. The van der Waals surface area contributed by atoms with Gasteiger partial charge in [-0.25, -0.2) is 0 Å². The standard InChI is InChI=1S/C42H44N4O/c1-43-38-17-9-8-16-35(38)36-28-32(20-21-39(36)43)42-37(30-44-24-26-45(27-25-44)40-18-10-11-19-41(40)47-2)34-15-7-6-14-33(34)29-46(42)23-22-31-12-4-3-5-13-31/h3-21,28,37,42H,22-27,29-30H2,1-2H3/t37-,42+/m1/s1. The van der Waals surface area contributed by atoms with Gasteiger partial charge in [-0.15, -0.1) is 0 Å². The van der Waals surface area contributed by atoms with Gasteiger partial charge in [0.05, 0.1) is 12.8 Å². The van der Waals surface area contributed by atoms with Gasteiger partial charge < -0.3 is 14.2 Å². The molecule has 0 saturated carbocycles. The number of aryl methyl sites for hydroxylation is 1. The molecule has 3 heterocycles. The molecule has 0 radical (unpaired) electrons. The van der Waals surface area contributed by atoms with Crippen molar-refractivity contribution in [2.24, 2.45) is 7.05 Å². The van der Waals surface area contributed by atoms with Crippen molar-refractivity contribution in [3.8, 4) is 5.75 Å². The van der Waals surface area contributed by atoms with Gasteiger partial charge in [-0.05, 0) is 59.0 Å². The van der Waals surface area contributed by atoms with Crippen molar-refractivity contribution in [2.45, 2.75) is 24.9 Å². The summed E-state index contributed by atoms with van der Waals surface area (Å²) >= 11 is 0. The maximum atomic E-state index is 5.71. The van der Waals surface area contributed by atoms with E-state index in [0.29, 0.717) is 5.92 Å². The number of ether oxygens (including phenoxy) is 1. The maximum absolute atomic E-state index is 5.71. The Bertz CT molecular complexity index is 1990. The molecule has 0 spiro atoms. The Morgan fingerprint density at radius 2 is 1.43 bits per heavy atom. The van der Waals surface area contributed by atoms with Crippen LogP contribution >= 0.6 is 0 Å². The molecule has 0 amide bonds. The van der Waals surface area contributed by atoms with Crippen LogP contribution < -0.4 is 9.64 Å². The van der Waals surface area contributed by atoms with Gasteiger partial charge in [0.1, 0.15) is 5.75 Å². The van der Waals surface area contributed by atoms with Crippen LogP contribution in [-0.2, 0) is 20.0 Å². The zero-order chi connectivity index (χ0) is 31.7. The summed E-state index contributed by atoms with van der Waals surface area (Å²) in [5, 5.41) is 2.69. The number of para-hydroxylation sites is 3. The Labute approximate surface area is 278 Å². The molecule has 5 aromatic carbocycles. The van der Waals surface area contributed by atoms with Crippen molar-refractivity contribution < 1.29 is 4.74 Å². The van der Waals surface area contributed by atoms with E-state index in [1.165, 1.54) is 49.7 Å². The number of hydrogen-bond donors (Lipinski definition) is 0. The number of methoxy groups -OCH3 is 1. The van der Waals surface area contributed by atoms with Crippen LogP contribution in [0.3, 0.4) is 0 Å². The average Bonchev–Trinajstić information content (AvgIpc) is 3.42. The van der Waals surface area contributed by atoms with Crippen molar-refractivity contribution in [2.75, 3.05) is 51.3 Å². The van der Waals surface area contributed by atoms with E-state index < -0.39 is 0 Å². The molecule has 0 aliphatic carbocycles. The number of piperazine rings is 1. The summed E-state index contributed by atoms with van der Waals surface area (Å²) in [6.07, 6.45) is 1.04. The normalized spacial score (nSPS) is 18.9. The smallest absolute Gasteiger partial charge is 0.142 e. The summed E-state index contributed by atoms with van der Waals surface area (Å²) < 4.78 is 8.06. The van der Waals surface area contributed by atoms with Crippen molar-refractivity contribution >= 4 is 27.5 Å². The summed E-state index contributed by atoms with van der Waals surface area (Å²) in [4.78, 5) is 7.97. The van der Waals surface area contributed by atoms with Crippen molar-refractivity contribution in [1.82, 2.24) is 14.4 Å². The van der Waals surface area contributed by atoms with Gasteiger partial charge in [-0.2, -0.15) is 0 Å². The van der Waals surface area contributed by atoms with E-state index in [9.17, 15) is 0 Å². The minimum absolute atomic E-state index is 0.282. The molecule has 8 rings (SSSR count). The fourth-order valence-corrected chi connectivity index (χ4v) is 8.27. The predicted octanol–water partition coefficient (Wildman–Crippen LogP) is 8.05. The lowest BCUT2D eigenvalue weighted by Crippen LogP contribution is -2.50. The van der Waals surface area contributed by atoms with Crippen LogP contribution in [0.2, 0.25) is 0 Å². The first kappa shape index (κ1) is 29.8. The largest absolute Gasteiger partial charge is 0.495 e. The molecule has 1 aromatic heterocycles. The molecular weight excluding hydrogens is 576 g/mol. The van der Waals surface area contributed by atoms with Crippen LogP contribution in [0.15, 0.2) is 121 Å². The lowest BCUT2D eigenvalue weighted by atomic mass is 9.79. The molecule has 5 nitrogen and oxygen atoms in total. The Balaban J connectivity index is 1.15. The molecular formula is C42H44N4O. The van der Waals surface area contributed by atoms with Gasteiger partial charge in [0, 0.05) is 86.6 Å². The summed E-state index contributed by atoms with van der Waals surface area (Å²) in [6, 6.07) is 45.1. The number of anilines is 1. The number of fused-ring (bicyclic) bond motifs is 4. The highest BCUT2D eigenvalue weighted by molar-refractivity contribution is 6.08. The molecule has 1 saturated heterocycles. The lowest BCUT2D eigenvalue weighted by Gasteiger charge is -2.46. The number of rotatable bonds is 8. The molecule has 2 atom stereocenters. The number of aromatic nitrogens is 1. The fourth-order valence-electron chi connectivity index (χ4n) is 8.27. The van der Waals surface area contributed by atoms with Gasteiger partial charge in [0.25, 0.3) is 0 Å². The van der Waals surface area contributed by atoms with Gasteiger partial charge >= 0.3 is 0 Å². The summed E-state index contributed by atoms with van der Waals surface area (Å²) in [5.41, 5.74) is 9.60. The Morgan fingerprint density at radius 3 is 2.28 bits per heavy atom. The number of nitrogens with zero attached hydrogens (tertiary/aromatic N) is 4. The summed E-state index contributed by atoms with van der Waals surface area (Å²) in [5.74, 6) is 1.32. The van der Waals surface area contributed by atoms with Gasteiger partial charge in [0.15, 0.2) is 0 Å². The molecule has 0 N–H and O–H groups in total. The average molecular weight is 621 g/mol. The maximum Gasteiger partial charge on any atom is 0.142 e. The van der Waals surface area contributed by atoms with Crippen LogP contribution in [0, 0.1) is 0 Å². The zero-order valence-corrected chi connectivity index (χ0v) is 27.6. The van der Waals surface area contributed by atoms with E-state index in [1.54, 1.807) is 7.11 Å². The molecule has 6 aromatic rings. The van der Waals surface area contributed by atoms with Crippen molar-refractivity contribution in [3.05, 3.63) is 144 Å². The third-order valence-electron chi connectivity index (χ3n) is 10.7. The molecule has 5 heteroatoms. The Kier molecular flexibility index (Phi) is 8.18. The minimum atomic E-state index is 0.282. The summed E-state index contributed by atoms with van der Waals surface area (Å²) in [6.45, 7) is 7.11. The molecule has 238 valence electrons. The van der Waals surface area contributed by atoms with Gasteiger partial charge in [0.2, 0.25) is 0 Å². The van der Waals surface area contributed by atoms with E-state index in [4.69, 9.17) is 4.74 Å². The van der Waals surface area contributed by atoms with Crippen molar-refractivity contribution in [1.29, 1.82) is 0 Å². The molecule has 2 aliphatic heterocycles. The second-order valence-corrected chi connectivity index (χ2v) is 13.3. The first-order chi connectivity index (χ1) is 23.2. The third kappa shape index (κ3) is 5.68. The topological polar surface area (TPSA) is 23.9 Å². The van der Waals surface area contributed by atoms with Crippen LogP contribution in [0.1, 0.15) is 34.2 Å². The molecule has 2 aliphatic rings. The number of benzene rings is 5. The molecule has 47 heavy (non-hydrogen) atoms. The number of hydrogen-bond acceptors (Lipinski definition) is 4. The highest BCUT2D eigenvalue weighted by Crippen LogP contribution is 2.45. The van der Waals surface area contributed by atoms with Crippen LogP contribution in [0.5, 0.6) is 5.75 Å². The Morgan fingerprint density at radius 1 is 0.702 bits per heavy atom. The van der Waals surface area contributed by atoms with Gasteiger partial charge in [-0.1, -0.05) is 91.0 Å². The van der Waals surface area contributed by atoms with Crippen molar-refractivity contribution in [3.63, 3.8) is 0 Å². The third-order valence-corrected chi connectivity index (χ3v) is 10.7. The molecule has 1 fully saturated rings. The van der Waals surface area contributed by atoms with E-state index >= 15 is 0 Å². The quantitative estimate of drug-likeness (QED) is 0.172. The summed E-state index contributed by atoms with van der Waals surface area (Å²) in [7, 11) is 3.97. The lowest BCUT2D eigenvalue weighted by molar-refractivity contribution is 0.118. The van der Waals surface area contributed by atoms with Crippen LogP contribution in [-0.4, -0.2) is 60.7 Å². The highest BCUT2D eigenvalue weighted by atomic mass is 16.5. The minimum Gasteiger partial charge on any atom is -0.495 e. The van der Waals surface area contributed by atoms with E-state index in [2.05, 4.69) is 148 Å². The molecule has 0 bridgehead atoms. The fraction of sp³-hybridized carbons (Fsp3) is 0.286. The van der Waals surface area contributed by atoms with Crippen LogP contribution in [0.25, 0.3) is 21.8 Å². The second kappa shape index (κ2) is 12.9. The van der Waals surface area contributed by atoms with E-state index in [1.807, 2.05) is 0 Å². The highest BCUT2D eigenvalue weighted by Gasteiger charge is 2.37. The van der Waals surface area contributed by atoms with E-state index in [0.717, 1.165) is 58.0 Å².